The molecule has 0 saturated heterocycles. The summed E-state index contributed by atoms with van der Waals surface area (Å²) in [6, 6.07) is 7.95. The van der Waals surface area contributed by atoms with Crippen molar-refractivity contribution in [2.75, 3.05) is 13.7 Å². The molecule has 22 heavy (non-hydrogen) atoms. The molecule has 0 heterocycles. The van der Waals surface area contributed by atoms with Gasteiger partial charge in [-0.25, -0.2) is 0 Å². The second-order valence-electron chi connectivity index (χ2n) is 6.25. The van der Waals surface area contributed by atoms with E-state index in [0.29, 0.717) is 6.42 Å². The van der Waals surface area contributed by atoms with Crippen LogP contribution in [0.1, 0.15) is 50.5 Å². The van der Waals surface area contributed by atoms with Gasteiger partial charge in [0.15, 0.2) is 0 Å². The number of amides is 1. The van der Waals surface area contributed by atoms with Gasteiger partial charge in [-0.15, -0.1) is 0 Å². The summed E-state index contributed by atoms with van der Waals surface area (Å²) < 4.78 is 5.37. The second-order valence-corrected chi connectivity index (χ2v) is 6.25. The van der Waals surface area contributed by atoms with Crippen molar-refractivity contribution in [3.8, 4) is 5.75 Å². The molecule has 1 amide bonds. The van der Waals surface area contributed by atoms with Gasteiger partial charge < -0.3 is 15.2 Å². The lowest BCUT2D eigenvalue weighted by Crippen LogP contribution is -2.43. The fourth-order valence-corrected chi connectivity index (χ4v) is 3.34. The van der Waals surface area contributed by atoms with E-state index in [1.54, 1.807) is 7.11 Å². The molecular weight excluding hydrogens is 278 g/mol. The number of nitrogens with one attached hydrogen (secondary N) is 1. The summed E-state index contributed by atoms with van der Waals surface area (Å²) >= 11 is 0. The van der Waals surface area contributed by atoms with Crippen LogP contribution in [0.5, 0.6) is 5.75 Å². The molecule has 3 atom stereocenters. The van der Waals surface area contributed by atoms with E-state index in [9.17, 15) is 9.90 Å². The summed E-state index contributed by atoms with van der Waals surface area (Å²) in [7, 11) is 1.65. The van der Waals surface area contributed by atoms with Gasteiger partial charge in [-0.2, -0.15) is 0 Å². The summed E-state index contributed by atoms with van der Waals surface area (Å²) in [5, 5.41) is 12.6. The van der Waals surface area contributed by atoms with Gasteiger partial charge in [0.1, 0.15) is 5.75 Å². The molecule has 4 heteroatoms. The van der Waals surface area contributed by atoms with E-state index in [1.807, 2.05) is 31.2 Å². The van der Waals surface area contributed by atoms with E-state index in [4.69, 9.17) is 4.74 Å². The van der Waals surface area contributed by atoms with Crippen LogP contribution in [0.2, 0.25) is 0 Å². The molecule has 1 fully saturated rings. The SMILES string of the molecule is COc1ccccc1C(C)CC(=O)NC1CCCCC1CO. The van der Waals surface area contributed by atoms with Crippen LogP contribution in [0.15, 0.2) is 24.3 Å². The van der Waals surface area contributed by atoms with Crippen molar-refractivity contribution >= 4 is 5.91 Å². The number of ether oxygens (including phenoxy) is 1. The van der Waals surface area contributed by atoms with Gasteiger partial charge in [0.05, 0.1) is 7.11 Å². The fraction of sp³-hybridized carbons (Fsp3) is 0.611. The van der Waals surface area contributed by atoms with E-state index >= 15 is 0 Å². The number of para-hydroxylation sites is 1. The Morgan fingerprint density at radius 3 is 2.82 bits per heavy atom. The zero-order valence-electron chi connectivity index (χ0n) is 13.5. The van der Waals surface area contributed by atoms with Gasteiger partial charge in [-0.05, 0) is 30.4 Å². The van der Waals surface area contributed by atoms with Crippen LogP contribution in [0.25, 0.3) is 0 Å². The number of hydrogen-bond acceptors (Lipinski definition) is 3. The van der Waals surface area contributed by atoms with E-state index in [2.05, 4.69) is 5.32 Å². The standard InChI is InChI=1S/C18H27NO3/c1-13(15-8-4-6-10-17(15)22-2)11-18(21)19-16-9-5-3-7-14(16)12-20/h4,6,8,10,13-14,16,20H,3,5,7,9,11-12H2,1-2H3,(H,19,21). The van der Waals surface area contributed by atoms with Crippen molar-refractivity contribution < 1.29 is 14.6 Å². The molecular formula is C18H27NO3. The molecule has 0 bridgehead atoms. The van der Waals surface area contributed by atoms with E-state index in [-0.39, 0.29) is 30.4 Å². The van der Waals surface area contributed by atoms with Gasteiger partial charge in [0.2, 0.25) is 5.91 Å². The molecule has 0 radical (unpaired) electrons. The van der Waals surface area contributed by atoms with Crippen LogP contribution in [0.3, 0.4) is 0 Å². The molecule has 1 aliphatic rings. The first-order chi connectivity index (χ1) is 10.7. The smallest absolute Gasteiger partial charge is 0.220 e. The molecule has 1 aromatic carbocycles. The highest BCUT2D eigenvalue weighted by molar-refractivity contribution is 5.77. The lowest BCUT2D eigenvalue weighted by Gasteiger charge is -2.31. The quantitative estimate of drug-likeness (QED) is 0.849. The van der Waals surface area contributed by atoms with E-state index in [1.165, 1.54) is 0 Å². The van der Waals surface area contributed by atoms with E-state index < -0.39 is 0 Å². The van der Waals surface area contributed by atoms with Gasteiger partial charge in [0.25, 0.3) is 0 Å². The number of carbonyl (C=O) groups is 1. The Balaban J connectivity index is 1.93. The maximum Gasteiger partial charge on any atom is 0.220 e. The zero-order chi connectivity index (χ0) is 15.9. The monoisotopic (exact) mass is 305 g/mol. The first-order valence-corrected chi connectivity index (χ1v) is 8.18. The van der Waals surface area contributed by atoms with E-state index in [0.717, 1.165) is 37.0 Å². The molecule has 2 N–H and O–H groups in total. The lowest BCUT2D eigenvalue weighted by molar-refractivity contribution is -0.122. The average molecular weight is 305 g/mol. The summed E-state index contributed by atoms with van der Waals surface area (Å²) in [5.41, 5.74) is 1.06. The molecule has 1 saturated carbocycles. The number of aliphatic hydroxyl groups is 1. The van der Waals surface area contributed by atoms with Crippen molar-refractivity contribution in [1.82, 2.24) is 5.32 Å². The number of hydrogen-bond donors (Lipinski definition) is 2. The Bertz CT molecular complexity index is 489. The van der Waals surface area contributed by atoms with Crippen LogP contribution in [-0.4, -0.2) is 30.8 Å². The van der Waals surface area contributed by atoms with Crippen molar-refractivity contribution in [2.24, 2.45) is 5.92 Å². The summed E-state index contributed by atoms with van der Waals surface area (Å²) in [4.78, 5) is 12.3. The molecule has 0 aliphatic heterocycles. The Kier molecular flexibility index (Phi) is 6.25. The maximum absolute atomic E-state index is 12.3. The van der Waals surface area contributed by atoms with Gasteiger partial charge in [-0.1, -0.05) is 38.0 Å². The first kappa shape index (κ1) is 16.8. The van der Waals surface area contributed by atoms with Crippen LogP contribution < -0.4 is 10.1 Å². The average Bonchev–Trinajstić information content (AvgIpc) is 2.55. The lowest BCUT2D eigenvalue weighted by atomic mass is 9.85. The molecule has 2 rings (SSSR count). The summed E-state index contributed by atoms with van der Waals surface area (Å²) in [6.45, 7) is 2.20. The zero-order valence-corrected chi connectivity index (χ0v) is 13.5. The topological polar surface area (TPSA) is 58.6 Å². The third-order valence-electron chi connectivity index (χ3n) is 4.65. The van der Waals surface area contributed by atoms with Crippen LogP contribution >= 0.6 is 0 Å². The summed E-state index contributed by atoms with van der Waals surface area (Å²) in [5.74, 6) is 1.20. The van der Waals surface area contributed by atoms with Crippen LogP contribution in [0, 0.1) is 5.92 Å². The van der Waals surface area contributed by atoms with Crippen molar-refractivity contribution in [3.63, 3.8) is 0 Å². The number of rotatable bonds is 6. The Morgan fingerprint density at radius 1 is 1.36 bits per heavy atom. The third-order valence-corrected chi connectivity index (χ3v) is 4.65. The van der Waals surface area contributed by atoms with Crippen LogP contribution in [0.4, 0.5) is 0 Å². The number of aliphatic hydroxyl groups excluding tert-OH is 1. The third kappa shape index (κ3) is 4.23. The van der Waals surface area contributed by atoms with Crippen molar-refractivity contribution in [1.29, 1.82) is 0 Å². The summed E-state index contributed by atoms with van der Waals surface area (Å²) in [6.07, 6.45) is 4.69. The molecule has 122 valence electrons. The highest BCUT2D eigenvalue weighted by Gasteiger charge is 2.26. The molecule has 0 aromatic heterocycles. The van der Waals surface area contributed by atoms with Crippen LogP contribution in [-0.2, 0) is 4.79 Å². The predicted molar refractivity (Wildman–Crippen MR) is 87.0 cm³/mol. The number of methoxy groups -OCH3 is 1. The number of carbonyl (C=O) groups excluding carboxylic acids is 1. The number of benzene rings is 1. The van der Waals surface area contributed by atoms with Crippen molar-refractivity contribution in [2.45, 2.75) is 51.0 Å². The highest BCUT2D eigenvalue weighted by atomic mass is 16.5. The fourth-order valence-electron chi connectivity index (χ4n) is 3.34. The van der Waals surface area contributed by atoms with Gasteiger partial charge in [0, 0.05) is 25.0 Å². The van der Waals surface area contributed by atoms with Gasteiger partial charge >= 0.3 is 0 Å². The molecule has 1 aliphatic carbocycles. The minimum atomic E-state index is 0.0590. The normalized spacial score (nSPS) is 22.9. The molecule has 1 aromatic rings. The Hall–Kier alpha value is -1.55. The maximum atomic E-state index is 12.3. The largest absolute Gasteiger partial charge is 0.496 e. The van der Waals surface area contributed by atoms with Gasteiger partial charge in [-0.3, -0.25) is 4.79 Å². The molecule has 3 unspecified atom stereocenters. The minimum absolute atomic E-state index is 0.0590. The highest BCUT2D eigenvalue weighted by Crippen LogP contribution is 2.29. The second kappa shape index (κ2) is 8.18. The minimum Gasteiger partial charge on any atom is -0.496 e. The Morgan fingerprint density at radius 2 is 2.09 bits per heavy atom. The van der Waals surface area contributed by atoms with Crippen molar-refractivity contribution in [3.05, 3.63) is 29.8 Å². The predicted octanol–water partition coefficient (Wildman–Crippen LogP) is 2.86. The Labute approximate surface area is 132 Å². The first-order valence-electron chi connectivity index (χ1n) is 8.18. The molecule has 0 spiro atoms. The molecule has 4 nitrogen and oxygen atoms in total.